The van der Waals surface area contributed by atoms with E-state index < -0.39 is 4.92 Å². The first-order valence-corrected chi connectivity index (χ1v) is 4.62. The molecule has 8 heteroatoms. The van der Waals surface area contributed by atoms with Crippen LogP contribution >= 0.6 is 24.8 Å². The fraction of sp³-hybridized carbons (Fsp3) is 0.100. The number of hydrogen-bond donors (Lipinski definition) is 1. The highest BCUT2D eigenvalue weighted by Gasteiger charge is 2.04. The van der Waals surface area contributed by atoms with Crippen molar-refractivity contribution in [2.75, 3.05) is 5.32 Å². The Hall–Kier alpha value is -1.79. The van der Waals surface area contributed by atoms with Gasteiger partial charge in [-0.15, -0.1) is 24.8 Å². The first kappa shape index (κ1) is 16.2. The Morgan fingerprint density at radius 1 is 1.28 bits per heavy atom. The topological polar surface area (TPSA) is 81.2 Å². The Bertz CT molecular complexity index is 474. The van der Waals surface area contributed by atoms with E-state index in [0.29, 0.717) is 12.6 Å². The van der Waals surface area contributed by atoms with Gasteiger partial charge < -0.3 is 9.73 Å². The Kier molecular flexibility index (Phi) is 6.77. The van der Waals surface area contributed by atoms with Gasteiger partial charge in [0.25, 0.3) is 11.7 Å². The number of oxazole rings is 1. The zero-order chi connectivity index (χ0) is 11.4. The van der Waals surface area contributed by atoms with Crippen LogP contribution in [-0.2, 0) is 6.54 Å². The van der Waals surface area contributed by atoms with Gasteiger partial charge in [0.15, 0.2) is 0 Å². The number of nitro benzene ring substituents is 1. The molecule has 0 aliphatic rings. The van der Waals surface area contributed by atoms with Crippen molar-refractivity contribution < 1.29 is 9.34 Å². The monoisotopic (exact) mass is 291 g/mol. The SMILES string of the molecule is Cl.Cl.O=[N+]([O-])c1ccc(CNc2ncco2)cc1. The van der Waals surface area contributed by atoms with Gasteiger partial charge in [-0.1, -0.05) is 12.1 Å². The van der Waals surface area contributed by atoms with Crippen LogP contribution in [0.3, 0.4) is 0 Å². The quantitative estimate of drug-likeness (QED) is 0.692. The van der Waals surface area contributed by atoms with Crippen LogP contribution in [-0.4, -0.2) is 9.91 Å². The first-order chi connectivity index (χ1) is 7.75. The minimum atomic E-state index is -0.425. The van der Waals surface area contributed by atoms with Crippen LogP contribution < -0.4 is 5.32 Å². The molecule has 0 aliphatic heterocycles. The van der Waals surface area contributed by atoms with Crippen molar-refractivity contribution in [3.8, 4) is 0 Å². The van der Waals surface area contributed by atoms with Gasteiger partial charge in [-0.05, 0) is 5.56 Å². The van der Waals surface area contributed by atoms with Gasteiger partial charge in [0, 0.05) is 18.7 Å². The highest BCUT2D eigenvalue weighted by atomic mass is 35.5. The van der Waals surface area contributed by atoms with Crippen LogP contribution in [0.15, 0.2) is 41.1 Å². The second-order valence-electron chi connectivity index (χ2n) is 3.11. The minimum Gasteiger partial charge on any atom is -0.432 e. The maximum atomic E-state index is 10.4. The van der Waals surface area contributed by atoms with E-state index >= 15 is 0 Å². The van der Waals surface area contributed by atoms with E-state index in [1.54, 1.807) is 12.1 Å². The molecule has 1 aromatic heterocycles. The van der Waals surface area contributed by atoms with E-state index in [1.807, 2.05) is 0 Å². The maximum absolute atomic E-state index is 10.4. The van der Waals surface area contributed by atoms with Crippen LogP contribution in [0.1, 0.15) is 5.56 Å². The summed E-state index contributed by atoms with van der Waals surface area (Å²) in [6, 6.07) is 6.74. The molecule has 0 atom stereocenters. The Balaban J connectivity index is 0.00000144. The summed E-state index contributed by atoms with van der Waals surface area (Å²) < 4.78 is 4.99. The highest BCUT2D eigenvalue weighted by molar-refractivity contribution is 5.85. The van der Waals surface area contributed by atoms with Gasteiger partial charge in [-0.3, -0.25) is 10.1 Å². The predicted octanol–water partition coefficient (Wildman–Crippen LogP) is 3.04. The molecule has 0 unspecified atom stereocenters. The van der Waals surface area contributed by atoms with Crippen molar-refractivity contribution in [1.29, 1.82) is 0 Å². The summed E-state index contributed by atoms with van der Waals surface area (Å²) in [5.74, 6) is 0. The number of hydrogen-bond acceptors (Lipinski definition) is 5. The average Bonchev–Trinajstić information content (AvgIpc) is 2.80. The minimum absolute atomic E-state index is 0. The third kappa shape index (κ3) is 4.23. The van der Waals surface area contributed by atoms with Crippen molar-refractivity contribution in [2.45, 2.75) is 6.54 Å². The number of halogens is 2. The lowest BCUT2D eigenvalue weighted by atomic mass is 10.2. The molecule has 18 heavy (non-hydrogen) atoms. The van der Waals surface area contributed by atoms with Crippen molar-refractivity contribution in [3.05, 3.63) is 52.4 Å². The molecule has 6 nitrogen and oxygen atoms in total. The second-order valence-corrected chi connectivity index (χ2v) is 3.11. The molecule has 2 aromatic rings. The van der Waals surface area contributed by atoms with Crippen molar-refractivity contribution in [1.82, 2.24) is 4.98 Å². The number of anilines is 1. The summed E-state index contributed by atoms with van der Waals surface area (Å²) in [4.78, 5) is 13.9. The number of nitrogens with zero attached hydrogens (tertiary/aromatic N) is 2. The molecule has 1 aromatic carbocycles. The van der Waals surface area contributed by atoms with Crippen molar-refractivity contribution in [2.24, 2.45) is 0 Å². The third-order valence-electron chi connectivity index (χ3n) is 2.02. The molecule has 98 valence electrons. The number of rotatable bonds is 4. The van der Waals surface area contributed by atoms with E-state index in [1.165, 1.54) is 24.6 Å². The molecule has 1 heterocycles. The summed E-state index contributed by atoms with van der Waals surface area (Å²) in [5.41, 5.74) is 1.00. The van der Waals surface area contributed by atoms with Crippen molar-refractivity contribution >= 4 is 36.5 Å². The number of benzene rings is 1. The molecular weight excluding hydrogens is 281 g/mol. The molecule has 1 N–H and O–H groups in total. The van der Waals surface area contributed by atoms with E-state index in [2.05, 4.69) is 10.3 Å². The number of nitrogens with one attached hydrogen (secondary N) is 1. The summed E-state index contributed by atoms with van der Waals surface area (Å²) >= 11 is 0. The average molecular weight is 292 g/mol. The van der Waals surface area contributed by atoms with Gasteiger partial charge in [-0.2, -0.15) is 0 Å². The number of aromatic nitrogens is 1. The van der Waals surface area contributed by atoms with E-state index in [9.17, 15) is 10.1 Å². The molecular formula is C10H11Cl2N3O3. The van der Waals surface area contributed by atoms with E-state index in [0.717, 1.165) is 5.56 Å². The molecule has 0 spiro atoms. The first-order valence-electron chi connectivity index (χ1n) is 4.62. The molecule has 0 saturated carbocycles. The highest BCUT2D eigenvalue weighted by Crippen LogP contribution is 2.13. The van der Waals surface area contributed by atoms with Crippen molar-refractivity contribution in [3.63, 3.8) is 0 Å². The summed E-state index contributed by atoms with van der Waals surface area (Å²) in [5, 5.41) is 13.4. The van der Waals surface area contributed by atoms with Gasteiger partial charge in [-0.25, -0.2) is 4.98 Å². The predicted molar refractivity (Wildman–Crippen MR) is 71.4 cm³/mol. The van der Waals surface area contributed by atoms with Crippen LogP contribution in [0.2, 0.25) is 0 Å². The molecule has 0 radical (unpaired) electrons. The van der Waals surface area contributed by atoms with Crippen LogP contribution in [0, 0.1) is 10.1 Å². The molecule has 0 saturated heterocycles. The van der Waals surface area contributed by atoms with Gasteiger partial charge in [0.2, 0.25) is 0 Å². The molecule has 0 bridgehead atoms. The van der Waals surface area contributed by atoms with Crippen LogP contribution in [0.25, 0.3) is 0 Å². The van der Waals surface area contributed by atoms with Crippen LogP contribution in [0.4, 0.5) is 11.7 Å². The lowest BCUT2D eigenvalue weighted by molar-refractivity contribution is -0.384. The lowest BCUT2D eigenvalue weighted by Gasteiger charge is -2.01. The molecule has 0 fully saturated rings. The van der Waals surface area contributed by atoms with E-state index in [4.69, 9.17) is 4.42 Å². The largest absolute Gasteiger partial charge is 0.432 e. The fourth-order valence-corrected chi connectivity index (χ4v) is 1.22. The molecule has 2 rings (SSSR count). The smallest absolute Gasteiger partial charge is 0.294 e. The zero-order valence-corrected chi connectivity index (χ0v) is 10.7. The lowest BCUT2D eigenvalue weighted by Crippen LogP contribution is -1.99. The Morgan fingerprint density at radius 2 is 1.94 bits per heavy atom. The van der Waals surface area contributed by atoms with Gasteiger partial charge in [0.05, 0.1) is 11.1 Å². The normalized spacial score (nSPS) is 8.89. The number of non-ortho nitro benzene ring substituents is 1. The van der Waals surface area contributed by atoms with Gasteiger partial charge >= 0.3 is 0 Å². The second kappa shape index (κ2) is 7.52. The Labute approximate surface area is 115 Å². The summed E-state index contributed by atoms with van der Waals surface area (Å²) in [6.07, 6.45) is 3.01. The van der Waals surface area contributed by atoms with Gasteiger partial charge in [0.1, 0.15) is 6.26 Å². The number of nitro groups is 1. The fourth-order valence-electron chi connectivity index (χ4n) is 1.22. The third-order valence-corrected chi connectivity index (χ3v) is 2.02. The zero-order valence-electron chi connectivity index (χ0n) is 9.11. The maximum Gasteiger partial charge on any atom is 0.294 e. The summed E-state index contributed by atoms with van der Waals surface area (Å²) in [6.45, 7) is 0.512. The standard InChI is InChI=1S/C10H9N3O3.2ClH/c14-13(15)9-3-1-8(2-4-9)7-12-10-11-5-6-16-10;;/h1-6H,7H2,(H,11,12);2*1H. The molecule has 0 amide bonds. The summed E-state index contributed by atoms with van der Waals surface area (Å²) in [7, 11) is 0. The Morgan fingerprint density at radius 3 is 2.44 bits per heavy atom. The molecule has 0 aliphatic carbocycles. The van der Waals surface area contributed by atoms with E-state index in [-0.39, 0.29) is 30.5 Å². The van der Waals surface area contributed by atoms with Crippen LogP contribution in [0.5, 0.6) is 0 Å².